The van der Waals surface area contributed by atoms with Gasteiger partial charge in [0.1, 0.15) is 0 Å². The van der Waals surface area contributed by atoms with Gasteiger partial charge < -0.3 is 15.4 Å². The number of halogens is 1. The molecule has 1 heterocycles. The Balaban J connectivity index is 1.76. The summed E-state index contributed by atoms with van der Waals surface area (Å²) in [4.78, 5) is 3.22. The van der Waals surface area contributed by atoms with Crippen molar-refractivity contribution in [2.24, 2.45) is 0 Å². The van der Waals surface area contributed by atoms with Crippen molar-refractivity contribution in [3.63, 3.8) is 0 Å². The third-order valence-electron chi connectivity index (χ3n) is 3.65. The van der Waals surface area contributed by atoms with Gasteiger partial charge in [0.15, 0.2) is 0 Å². The second kappa shape index (κ2) is 6.31. The van der Waals surface area contributed by atoms with Gasteiger partial charge in [0.05, 0.1) is 12.6 Å². The monoisotopic (exact) mass is 300 g/mol. The second-order valence-corrected chi connectivity index (χ2v) is 5.47. The summed E-state index contributed by atoms with van der Waals surface area (Å²) >= 11 is 5.99. The third-order valence-corrected chi connectivity index (χ3v) is 3.89. The maximum Gasteiger partial charge on any atom is 0.0626 e. The molecule has 0 amide bonds. The first-order valence-electron chi connectivity index (χ1n) is 6.92. The number of H-pyrrole nitrogens is 1. The molecule has 0 radical (unpaired) electrons. The normalized spacial score (nSPS) is 12.7. The van der Waals surface area contributed by atoms with Gasteiger partial charge in [-0.1, -0.05) is 48.0 Å². The number of benzene rings is 2. The van der Waals surface area contributed by atoms with Gasteiger partial charge in [0, 0.05) is 28.7 Å². The van der Waals surface area contributed by atoms with Crippen LogP contribution in [-0.4, -0.2) is 16.7 Å². The molecule has 1 aromatic heterocycles. The minimum absolute atomic E-state index is 0.0662. The fourth-order valence-corrected chi connectivity index (χ4v) is 2.68. The smallest absolute Gasteiger partial charge is 0.0626 e. The summed E-state index contributed by atoms with van der Waals surface area (Å²) in [5.41, 5.74) is 3.28. The molecule has 3 nitrogen and oxygen atoms in total. The van der Waals surface area contributed by atoms with Crippen LogP contribution in [0.15, 0.2) is 54.7 Å². The van der Waals surface area contributed by atoms with Crippen LogP contribution in [0.1, 0.15) is 17.2 Å². The Labute approximate surface area is 128 Å². The molecule has 108 valence electrons. The van der Waals surface area contributed by atoms with Gasteiger partial charge in [-0.3, -0.25) is 0 Å². The van der Waals surface area contributed by atoms with Crippen molar-refractivity contribution in [3.8, 4) is 0 Å². The van der Waals surface area contributed by atoms with Gasteiger partial charge >= 0.3 is 0 Å². The number of aromatic nitrogens is 1. The number of aliphatic hydroxyl groups is 1. The molecule has 3 aromatic rings. The minimum Gasteiger partial charge on any atom is -0.394 e. The number of hydrogen-bond acceptors (Lipinski definition) is 2. The van der Waals surface area contributed by atoms with Crippen molar-refractivity contribution < 1.29 is 5.11 Å². The van der Waals surface area contributed by atoms with Crippen LogP contribution in [0.4, 0.5) is 0 Å². The van der Waals surface area contributed by atoms with E-state index in [2.05, 4.69) is 10.3 Å². The Kier molecular flexibility index (Phi) is 4.25. The summed E-state index contributed by atoms with van der Waals surface area (Å²) < 4.78 is 0. The van der Waals surface area contributed by atoms with Crippen LogP contribution >= 0.6 is 11.6 Å². The molecule has 0 aliphatic carbocycles. The fourth-order valence-electron chi connectivity index (χ4n) is 2.51. The molecule has 21 heavy (non-hydrogen) atoms. The molecule has 0 unspecified atom stereocenters. The van der Waals surface area contributed by atoms with E-state index in [1.165, 1.54) is 0 Å². The number of hydrogen-bond donors (Lipinski definition) is 3. The van der Waals surface area contributed by atoms with Crippen molar-refractivity contribution in [1.82, 2.24) is 10.3 Å². The summed E-state index contributed by atoms with van der Waals surface area (Å²) in [5.74, 6) is 0. The lowest BCUT2D eigenvalue weighted by Gasteiger charge is -2.16. The number of nitrogens with one attached hydrogen (secondary N) is 2. The molecular weight excluding hydrogens is 284 g/mol. The predicted octanol–water partition coefficient (Wildman–Crippen LogP) is 3.64. The number of fused-ring (bicyclic) bond motifs is 1. The van der Waals surface area contributed by atoms with E-state index in [1.807, 2.05) is 54.7 Å². The number of aromatic amines is 1. The highest BCUT2D eigenvalue weighted by Gasteiger charge is 2.11. The van der Waals surface area contributed by atoms with Crippen molar-refractivity contribution in [2.45, 2.75) is 12.6 Å². The van der Waals surface area contributed by atoms with Gasteiger partial charge in [-0.25, -0.2) is 0 Å². The topological polar surface area (TPSA) is 48.0 Å². The number of rotatable bonds is 5. The summed E-state index contributed by atoms with van der Waals surface area (Å²) in [6.45, 7) is 0.750. The highest BCUT2D eigenvalue weighted by molar-refractivity contribution is 6.31. The highest BCUT2D eigenvalue weighted by Crippen LogP contribution is 2.22. The molecule has 0 saturated carbocycles. The van der Waals surface area contributed by atoms with Gasteiger partial charge in [-0.05, 0) is 23.3 Å². The van der Waals surface area contributed by atoms with Gasteiger partial charge in [0.2, 0.25) is 0 Å². The Morgan fingerprint density at radius 2 is 1.95 bits per heavy atom. The highest BCUT2D eigenvalue weighted by atomic mass is 35.5. The van der Waals surface area contributed by atoms with Crippen molar-refractivity contribution in [3.05, 3.63) is 70.9 Å². The first-order valence-corrected chi connectivity index (χ1v) is 7.30. The molecule has 0 spiro atoms. The molecule has 1 atom stereocenters. The zero-order valence-corrected chi connectivity index (χ0v) is 12.3. The van der Waals surface area contributed by atoms with Gasteiger partial charge in [-0.2, -0.15) is 0 Å². The summed E-state index contributed by atoms with van der Waals surface area (Å²) in [7, 11) is 0. The SMILES string of the molecule is OC[C@@H](NCc1c[nH]c2cc(Cl)ccc12)c1ccccc1. The molecule has 3 rings (SSSR count). The zero-order valence-electron chi connectivity index (χ0n) is 11.5. The van der Waals surface area contributed by atoms with Crippen molar-refractivity contribution in [1.29, 1.82) is 0 Å². The van der Waals surface area contributed by atoms with Crippen molar-refractivity contribution >= 4 is 22.5 Å². The zero-order chi connectivity index (χ0) is 14.7. The Bertz CT molecular complexity index is 724. The average molecular weight is 301 g/mol. The van der Waals surface area contributed by atoms with Crippen LogP contribution < -0.4 is 5.32 Å². The Morgan fingerprint density at radius 1 is 1.14 bits per heavy atom. The quantitative estimate of drug-likeness (QED) is 0.673. The predicted molar refractivity (Wildman–Crippen MR) is 86.4 cm³/mol. The molecule has 0 fully saturated rings. The van der Waals surface area contributed by atoms with E-state index in [-0.39, 0.29) is 12.6 Å². The molecule has 2 aromatic carbocycles. The van der Waals surface area contributed by atoms with Crippen LogP contribution in [0.5, 0.6) is 0 Å². The van der Waals surface area contributed by atoms with E-state index >= 15 is 0 Å². The lowest BCUT2D eigenvalue weighted by atomic mass is 10.1. The Hall–Kier alpha value is -1.81. The first kappa shape index (κ1) is 14.1. The largest absolute Gasteiger partial charge is 0.394 e. The molecule has 0 saturated heterocycles. The number of aliphatic hydroxyl groups excluding tert-OH is 1. The van der Waals surface area contributed by atoms with E-state index < -0.39 is 0 Å². The van der Waals surface area contributed by atoms with Crippen LogP contribution in [0.25, 0.3) is 10.9 Å². The molecular formula is C17H17ClN2O. The summed E-state index contributed by atoms with van der Waals surface area (Å²) in [6, 6.07) is 15.7. The lowest BCUT2D eigenvalue weighted by Crippen LogP contribution is -2.23. The summed E-state index contributed by atoms with van der Waals surface area (Å²) in [5, 5.41) is 14.8. The van der Waals surface area contributed by atoms with E-state index in [0.29, 0.717) is 6.54 Å². The minimum atomic E-state index is -0.0662. The third kappa shape index (κ3) is 3.10. The first-order chi connectivity index (χ1) is 10.3. The van der Waals surface area contributed by atoms with E-state index in [1.54, 1.807) is 0 Å². The molecule has 0 aliphatic heterocycles. The van der Waals surface area contributed by atoms with Crippen LogP contribution in [0.3, 0.4) is 0 Å². The molecule has 0 aliphatic rings. The average Bonchev–Trinajstić information content (AvgIpc) is 2.91. The van der Waals surface area contributed by atoms with Gasteiger partial charge in [0.25, 0.3) is 0 Å². The van der Waals surface area contributed by atoms with Gasteiger partial charge in [-0.15, -0.1) is 0 Å². The van der Waals surface area contributed by atoms with Crippen LogP contribution in [-0.2, 0) is 6.54 Å². The van der Waals surface area contributed by atoms with Crippen molar-refractivity contribution in [2.75, 3.05) is 6.61 Å². The maximum absolute atomic E-state index is 9.57. The van der Waals surface area contributed by atoms with E-state index in [0.717, 1.165) is 27.1 Å². The maximum atomic E-state index is 9.57. The van der Waals surface area contributed by atoms with Crippen LogP contribution in [0.2, 0.25) is 5.02 Å². The van der Waals surface area contributed by atoms with Crippen LogP contribution in [0, 0.1) is 0 Å². The molecule has 3 N–H and O–H groups in total. The standard InChI is InChI=1S/C17H17ClN2O/c18-14-6-7-15-13(9-19-16(15)8-14)10-20-17(11-21)12-4-2-1-3-5-12/h1-9,17,19-21H,10-11H2/t17-/m1/s1. The van der Waals surface area contributed by atoms with E-state index in [4.69, 9.17) is 11.6 Å². The van der Waals surface area contributed by atoms with E-state index in [9.17, 15) is 5.11 Å². The lowest BCUT2D eigenvalue weighted by molar-refractivity contribution is 0.244. The Morgan fingerprint density at radius 3 is 2.71 bits per heavy atom. The molecule has 0 bridgehead atoms. The summed E-state index contributed by atoms with van der Waals surface area (Å²) in [6.07, 6.45) is 1.98. The second-order valence-electron chi connectivity index (χ2n) is 5.03. The molecule has 4 heteroatoms. The fraction of sp³-hybridized carbons (Fsp3) is 0.176.